The fourth-order valence-corrected chi connectivity index (χ4v) is 2.06. The molecule has 0 amide bonds. The summed E-state index contributed by atoms with van der Waals surface area (Å²) in [5, 5.41) is 9.27. The first-order valence-electron chi connectivity index (χ1n) is 7.17. The zero-order valence-electron chi connectivity index (χ0n) is 12.5. The second-order valence-electron chi connectivity index (χ2n) is 5.06. The van der Waals surface area contributed by atoms with Gasteiger partial charge in [0, 0.05) is 19.6 Å². The Hall–Kier alpha value is -2.03. The number of rotatable bonds is 4. The molecule has 0 fully saturated rings. The van der Waals surface area contributed by atoms with E-state index < -0.39 is 0 Å². The van der Waals surface area contributed by atoms with Crippen molar-refractivity contribution in [2.45, 2.75) is 32.9 Å². The highest BCUT2D eigenvalue weighted by Crippen LogP contribution is 2.15. The molecule has 2 aromatic carbocycles. The monoisotopic (exact) mass is 269 g/mol. The van der Waals surface area contributed by atoms with Crippen LogP contribution in [0.3, 0.4) is 0 Å². The molecule has 0 bridgehead atoms. The Kier molecular flexibility index (Phi) is 4.99. The van der Waals surface area contributed by atoms with E-state index in [1.165, 1.54) is 16.3 Å². The maximum atomic E-state index is 4.25. The van der Waals surface area contributed by atoms with Crippen LogP contribution >= 0.6 is 0 Å². The number of hydrogen-bond acceptors (Lipinski definition) is 1. The van der Waals surface area contributed by atoms with Crippen LogP contribution in [0, 0.1) is 0 Å². The average Bonchev–Trinajstić information content (AvgIpc) is 2.50. The Labute approximate surface area is 121 Å². The third kappa shape index (κ3) is 3.73. The first-order chi connectivity index (χ1) is 9.72. The smallest absolute Gasteiger partial charge is 0.191 e. The van der Waals surface area contributed by atoms with Crippen molar-refractivity contribution in [1.82, 2.24) is 10.6 Å². The molecule has 0 aromatic heterocycles. The fourth-order valence-electron chi connectivity index (χ4n) is 2.06. The van der Waals surface area contributed by atoms with Crippen LogP contribution in [-0.4, -0.2) is 19.0 Å². The molecule has 0 aliphatic rings. The van der Waals surface area contributed by atoms with Gasteiger partial charge in [0.1, 0.15) is 0 Å². The molecular formula is C17H23N3. The Bertz CT molecular complexity index is 590. The summed E-state index contributed by atoms with van der Waals surface area (Å²) in [5.74, 6) is 0.854. The highest BCUT2D eigenvalue weighted by atomic mass is 15.2. The molecule has 1 unspecified atom stereocenters. The number of aliphatic imine (C=N–C) groups is 1. The van der Waals surface area contributed by atoms with Gasteiger partial charge in [0.05, 0.1) is 0 Å². The summed E-state index contributed by atoms with van der Waals surface area (Å²) in [4.78, 5) is 4.25. The van der Waals surface area contributed by atoms with E-state index in [2.05, 4.69) is 71.9 Å². The molecule has 0 aliphatic heterocycles. The molecule has 0 heterocycles. The molecule has 1 atom stereocenters. The van der Waals surface area contributed by atoms with Crippen LogP contribution in [0.25, 0.3) is 10.8 Å². The molecule has 0 aliphatic carbocycles. The summed E-state index contributed by atoms with van der Waals surface area (Å²) in [7, 11) is 1.80. The van der Waals surface area contributed by atoms with Gasteiger partial charge in [-0.1, -0.05) is 43.3 Å². The second-order valence-corrected chi connectivity index (χ2v) is 5.06. The minimum Gasteiger partial charge on any atom is -0.354 e. The van der Waals surface area contributed by atoms with E-state index in [1.54, 1.807) is 7.05 Å². The summed E-state index contributed by atoms with van der Waals surface area (Å²) < 4.78 is 0. The molecule has 0 radical (unpaired) electrons. The SMILES string of the molecule is CCC(C)NC(=NC)NCc1ccc2ccccc2c1. The van der Waals surface area contributed by atoms with Gasteiger partial charge < -0.3 is 10.6 Å². The van der Waals surface area contributed by atoms with Crippen molar-refractivity contribution < 1.29 is 0 Å². The van der Waals surface area contributed by atoms with Crippen LogP contribution in [0.1, 0.15) is 25.8 Å². The van der Waals surface area contributed by atoms with E-state index >= 15 is 0 Å². The minimum absolute atomic E-state index is 0.429. The van der Waals surface area contributed by atoms with Gasteiger partial charge >= 0.3 is 0 Å². The molecule has 3 heteroatoms. The quantitative estimate of drug-likeness (QED) is 0.660. The molecular weight excluding hydrogens is 246 g/mol. The number of benzene rings is 2. The zero-order chi connectivity index (χ0) is 14.4. The van der Waals surface area contributed by atoms with Crippen LogP contribution in [-0.2, 0) is 6.54 Å². The van der Waals surface area contributed by atoms with Gasteiger partial charge in [-0.05, 0) is 35.7 Å². The number of guanidine groups is 1. The predicted molar refractivity (Wildman–Crippen MR) is 87.0 cm³/mol. The lowest BCUT2D eigenvalue weighted by atomic mass is 10.1. The van der Waals surface area contributed by atoms with E-state index in [9.17, 15) is 0 Å². The molecule has 106 valence electrons. The van der Waals surface area contributed by atoms with Crippen LogP contribution in [0.15, 0.2) is 47.5 Å². The van der Waals surface area contributed by atoms with Crippen molar-refractivity contribution >= 4 is 16.7 Å². The summed E-state index contributed by atoms with van der Waals surface area (Å²) in [6.45, 7) is 5.10. The normalized spacial score (nSPS) is 13.2. The van der Waals surface area contributed by atoms with Crippen molar-refractivity contribution in [2.24, 2.45) is 4.99 Å². The molecule has 20 heavy (non-hydrogen) atoms. The average molecular weight is 269 g/mol. The molecule has 2 N–H and O–H groups in total. The first kappa shape index (κ1) is 14.4. The molecule has 0 saturated heterocycles. The third-order valence-electron chi connectivity index (χ3n) is 3.49. The van der Waals surface area contributed by atoms with Crippen molar-refractivity contribution in [3.05, 3.63) is 48.0 Å². The van der Waals surface area contributed by atoms with E-state index in [0.29, 0.717) is 6.04 Å². The summed E-state index contributed by atoms with van der Waals surface area (Å²) >= 11 is 0. The van der Waals surface area contributed by atoms with E-state index in [1.807, 2.05) is 0 Å². The topological polar surface area (TPSA) is 36.4 Å². The van der Waals surface area contributed by atoms with Gasteiger partial charge in [-0.2, -0.15) is 0 Å². The van der Waals surface area contributed by atoms with Gasteiger partial charge in [0.15, 0.2) is 5.96 Å². The summed E-state index contributed by atoms with van der Waals surface area (Å²) in [6.07, 6.45) is 1.08. The Morgan fingerprint density at radius 2 is 1.90 bits per heavy atom. The Morgan fingerprint density at radius 3 is 2.60 bits per heavy atom. The maximum absolute atomic E-state index is 4.25. The number of nitrogens with zero attached hydrogens (tertiary/aromatic N) is 1. The summed E-state index contributed by atoms with van der Waals surface area (Å²) in [6, 6.07) is 15.4. The van der Waals surface area contributed by atoms with E-state index in [-0.39, 0.29) is 0 Å². The Morgan fingerprint density at radius 1 is 1.15 bits per heavy atom. The maximum Gasteiger partial charge on any atom is 0.191 e. The van der Waals surface area contributed by atoms with Gasteiger partial charge in [-0.15, -0.1) is 0 Å². The molecule has 3 nitrogen and oxygen atoms in total. The molecule has 0 spiro atoms. The first-order valence-corrected chi connectivity index (χ1v) is 7.17. The Balaban J connectivity index is 2.01. The van der Waals surface area contributed by atoms with Crippen LogP contribution in [0.5, 0.6) is 0 Å². The zero-order valence-corrected chi connectivity index (χ0v) is 12.5. The third-order valence-corrected chi connectivity index (χ3v) is 3.49. The van der Waals surface area contributed by atoms with Crippen LogP contribution < -0.4 is 10.6 Å². The second kappa shape index (κ2) is 6.94. The lowest BCUT2D eigenvalue weighted by Gasteiger charge is -2.16. The molecule has 2 aromatic rings. The van der Waals surface area contributed by atoms with Gasteiger partial charge in [-0.3, -0.25) is 4.99 Å². The van der Waals surface area contributed by atoms with Gasteiger partial charge in [0.25, 0.3) is 0 Å². The van der Waals surface area contributed by atoms with Crippen molar-refractivity contribution in [3.63, 3.8) is 0 Å². The molecule has 2 rings (SSSR count). The van der Waals surface area contributed by atoms with Gasteiger partial charge in [-0.25, -0.2) is 0 Å². The largest absolute Gasteiger partial charge is 0.354 e. The number of nitrogens with one attached hydrogen (secondary N) is 2. The lowest BCUT2D eigenvalue weighted by Crippen LogP contribution is -2.41. The summed E-state index contributed by atoms with van der Waals surface area (Å²) in [5.41, 5.74) is 1.26. The lowest BCUT2D eigenvalue weighted by molar-refractivity contribution is 0.624. The number of fused-ring (bicyclic) bond motifs is 1. The van der Waals surface area contributed by atoms with E-state index in [4.69, 9.17) is 0 Å². The standard InChI is InChI=1S/C17H23N3/c1-4-13(2)20-17(18-3)19-12-14-9-10-15-7-5-6-8-16(15)11-14/h5-11,13H,4,12H2,1-3H3,(H2,18,19,20). The number of hydrogen-bond donors (Lipinski definition) is 2. The van der Waals surface area contributed by atoms with Gasteiger partial charge in [0.2, 0.25) is 0 Å². The highest BCUT2D eigenvalue weighted by molar-refractivity contribution is 5.83. The minimum atomic E-state index is 0.429. The van der Waals surface area contributed by atoms with Crippen molar-refractivity contribution in [2.75, 3.05) is 7.05 Å². The highest BCUT2D eigenvalue weighted by Gasteiger charge is 2.03. The van der Waals surface area contributed by atoms with Crippen LogP contribution in [0.4, 0.5) is 0 Å². The molecule has 0 saturated carbocycles. The van der Waals surface area contributed by atoms with Crippen LogP contribution in [0.2, 0.25) is 0 Å². The predicted octanol–water partition coefficient (Wildman–Crippen LogP) is 3.30. The van der Waals surface area contributed by atoms with Crippen molar-refractivity contribution in [3.8, 4) is 0 Å². The fraction of sp³-hybridized carbons (Fsp3) is 0.353. The van der Waals surface area contributed by atoms with Crippen molar-refractivity contribution in [1.29, 1.82) is 0 Å². The van der Waals surface area contributed by atoms with E-state index in [0.717, 1.165) is 18.9 Å².